The fourth-order valence-corrected chi connectivity index (χ4v) is 3.46. The van der Waals surface area contributed by atoms with Crippen molar-refractivity contribution in [3.8, 4) is 5.75 Å². The minimum Gasteiger partial charge on any atom is -0.489 e. The summed E-state index contributed by atoms with van der Waals surface area (Å²) >= 11 is 0. The minimum atomic E-state index is -0.947. The first-order valence-corrected chi connectivity index (χ1v) is 9.82. The van der Waals surface area contributed by atoms with Gasteiger partial charge in [0.15, 0.2) is 0 Å². The maximum Gasteiger partial charge on any atom is 0.335 e. The molecule has 1 N–H and O–H groups in total. The molecule has 0 radical (unpaired) electrons. The number of hydrogen-bond acceptors (Lipinski definition) is 6. The molecule has 0 aliphatic carbocycles. The normalized spacial score (nSPS) is 15.0. The Balaban J connectivity index is 1.82. The number of fused-ring (bicyclic) bond motifs is 1. The lowest BCUT2D eigenvalue weighted by molar-refractivity contribution is -0.384. The van der Waals surface area contributed by atoms with Gasteiger partial charge in [0.25, 0.3) is 17.5 Å². The molecule has 0 saturated carbocycles. The van der Waals surface area contributed by atoms with Gasteiger partial charge in [-0.25, -0.2) is 9.69 Å². The van der Waals surface area contributed by atoms with Gasteiger partial charge >= 0.3 is 6.03 Å². The number of amides is 4. The second-order valence-electron chi connectivity index (χ2n) is 7.03. The van der Waals surface area contributed by atoms with Crippen molar-refractivity contribution in [2.24, 2.45) is 0 Å². The maximum atomic E-state index is 13.2. The number of imide groups is 2. The van der Waals surface area contributed by atoms with Gasteiger partial charge in [-0.2, -0.15) is 0 Å². The van der Waals surface area contributed by atoms with E-state index < -0.39 is 22.8 Å². The number of nitro groups is 1. The van der Waals surface area contributed by atoms with E-state index in [1.807, 2.05) is 30.3 Å². The number of carbonyl (C=O) groups is 3. The molecule has 33 heavy (non-hydrogen) atoms. The lowest BCUT2D eigenvalue weighted by atomic mass is 9.99. The van der Waals surface area contributed by atoms with E-state index in [2.05, 4.69) is 11.9 Å². The van der Waals surface area contributed by atoms with E-state index in [1.54, 1.807) is 12.1 Å². The third-order valence-corrected chi connectivity index (χ3v) is 5.00. The maximum absolute atomic E-state index is 13.2. The van der Waals surface area contributed by atoms with Crippen molar-refractivity contribution in [3.63, 3.8) is 0 Å². The number of ether oxygens (including phenoxy) is 1. The van der Waals surface area contributed by atoms with Crippen molar-refractivity contribution in [2.45, 2.75) is 0 Å². The summed E-state index contributed by atoms with van der Waals surface area (Å²) in [5.74, 6) is -1.29. The molecule has 3 aromatic rings. The number of benzene rings is 3. The summed E-state index contributed by atoms with van der Waals surface area (Å²) in [6, 6.07) is 14.9. The standard InChI is InChI=1S/C24H17N3O6/c1-2-13-33-21-12-7-15-5-3-4-6-18(15)19(21)14-20-22(28)25-24(30)26(23(20)29)16-8-10-17(11-9-16)27(31)32/h2-12,14H,1,13H2,(H,25,28,30)/b20-14+. The number of rotatable bonds is 6. The highest BCUT2D eigenvalue weighted by Gasteiger charge is 2.37. The van der Waals surface area contributed by atoms with Crippen LogP contribution in [0, 0.1) is 10.1 Å². The Morgan fingerprint density at radius 1 is 1.03 bits per heavy atom. The van der Waals surface area contributed by atoms with Gasteiger partial charge in [0.2, 0.25) is 0 Å². The molecule has 9 heteroatoms. The first-order chi connectivity index (χ1) is 15.9. The number of barbiturate groups is 1. The Morgan fingerprint density at radius 3 is 2.45 bits per heavy atom. The summed E-state index contributed by atoms with van der Waals surface area (Å²) in [7, 11) is 0. The number of nitro benzene ring substituents is 1. The average molecular weight is 443 g/mol. The van der Waals surface area contributed by atoms with Gasteiger partial charge in [-0.1, -0.05) is 43.0 Å². The van der Waals surface area contributed by atoms with Crippen LogP contribution >= 0.6 is 0 Å². The Hall–Kier alpha value is -4.79. The molecule has 4 rings (SSSR count). The van der Waals surface area contributed by atoms with E-state index in [1.165, 1.54) is 30.3 Å². The van der Waals surface area contributed by atoms with Crippen LogP contribution in [0.15, 0.2) is 78.9 Å². The zero-order valence-electron chi connectivity index (χ0n) is 17.2. The molecule has 0 unspecified atom stereocenters. The fraction of sp³-hybridized carbons (Fsp3) is 0.0417. The van der Waals surface area contributed by atoms with E-state index >= 15 is 0 Å². The topological polar surface area (TPSA) is 119 Å². The smallest absolute Gasteiger partial charge is 0.335 e. The lowest BCUT2D eigenvalue weighted by Gasteiger charge is -2.26. The van der Waals surface area contributed by atoms with Crippen molar-refractivity contribution in [3.05, 3.63) is 94.6 Å². The SMILES string of the molecule is C=CCOc1ccc2ccccc2c1/C=C1\C(=O)NC(=O)N(c2ccc([N+](=O)[O-])cc2)C1=O. The third-order valence-electron chi connectivity index (χ3n) is 5.00. The Morgan fingerprint density at radius 2 is 1.76 bits per heavy atom. The zero-order chi connectivity index (χ0) is 23.5. The monoisotopic (exact) mass is 443 g/mol. The molecule has 1 heterocycles. The minimum absolute atomic E-state index is 0.0857. The van der Waals surface area contributed by atoms with Crippen molar-refractivity contribution in [2.75, 3.05) is 11.5 Å². The highest BCUT2D eigenvalue weighted by atomic mass is 16.6. The molecule has 0 aromatic heterocycles. The zero-order valence-corrected chi connectivity index (χ0v) is 17.2. The van der Waals surface area contributed by atoms with Crippen molar-refractivity contribution in [1.29, 1.82) is 0 Å². The van der Waals surface area contributed by atoms with Crippen LogP contribution in [0.3, 0.4) is 0 Å². The quantitative estimate of drug-likeness (QED) is 0.202. The molecule has 1 aliphatic heterocycles. The molecule has 0 atom stereocenters. The molecule has 0 spiro atoms. The second kappa shape index (κ2) is 8.75. The van der Waals surface area contributed by atoms with Gasteiger partial charge in [-0.15, -0.1) is 0 Å². The molecule has 9 nitrogen and oxygen atoms in total. The molecule has 0 bridgehead atoms. The summed E-state index contributed by atoms with van der Waals surface area (Å²) in [6.45, 7) is 3.84. The molecule has 1 aliphatic rings. The van der Waals surface area contributed by atoms with Crippen LogP contribution in [0.1, 0.15) is 5.56 Å². The first kappa shape index (κ1) is 21.4. The second-order valence-corrected chi connectivity index (χ2v) is 7.03. The van der Waals surface area contributed by atoms with Crippen LogP contribution < -0.4 is 15.0 Å². The van der Waals surface area contributed by atoms with Crippen molar-refractivity contribution < 1.29 is 24.0 Å². The summed E-state index contributed by atoms with van der Waals surface area (Å²) in [6.07, 6.45) is 2.95. The van der Waals surface area contributed by atoms with Gasteiger partial charge in [0.1, 0.15) is 17.9 Å². The van der Waals surface area contributed by atoms with E-state index in [0.29, 0.717) is 11.3 Å². The Labute approximate surface area is 187 Å². The predicted molar refractivity (Wildman–Crippen MR) is 122 cm³/mol. The largest absolute Gasteiger partial charge is 0.489 e. The fourth-order valence-electron chi connectivity index (χ4n) is 3.46. The van der Waals surface area contributed by atoms with Crippen LogP contribution in [0.4, 0.5) is 16.2 Å². The number of urea groups is 1. The Bertz CT molecular complexity index is 1340. The molecule has 3 aromatic carbocycles. The summed E-state index contributed by atoms with van der Waals surface area (Å²) in [5, 5.41) is 14.7. The van der Waals surface area contributed by atoms with E-state index in [4.69, 9.17) is 4.74 Å². The van der Waals surface area contributed by atoms with Gasteiger partial charge in [0, 0.05) is 17.7 Å². The summed E-state index contributed by atoms with van der Waals surface area (Å²) < 4.78 is 5.72. The van der Waals surface area contributed by atoms with Crippen LogP contribution in [-0.4, -0.2) is 29.4 Å². The van der Waals surface area contributed by atoms with Crippen LogP contribution in [0.2, 0.25) is 0 Å². The third kappa shape index (κ3) is 4.07. The van der Waals surface area contributed by atoms with E-state index in [9.17, 15) is 24.5 Å². The molecule has 164 valence electrons. The van der Waals surface area contributed by atoms with E-state index in [-0.39, 0.29) is 23.6 Å². The lowest BCUT2D eigenvalue weighted by Crippen LogP contribution is -2.54. The van der Waals surface area contributed by atoms with Crippen LogP contribution in [-0.2, 0) is 9.59 Å². The number of non-ortho nitro benzene ring substituents is 1. The number of carbonyl (C=O) groups excluding carboxylic acids is 3. The first-order valence-electron chi connectivity index (χ1n) is 9.82. The molecule has 1 fully saturated rings. The van der Waals surface area contributed by atoms with Gasteiger partial charge in [-0.05, 0) is 35.0 Å². The van der Waals surface area contributed by atoms with Gasteiger partial charge in [-0.3, -0.25) is 25.0 Å². The summed E-state index contributed by atoms with van der Waals surface area (Å²) in [4.78, 5) is 49.3. The van der Waals surface area contributed by atoms with Gasteiger partial charge in [0.05, 0.1) is 10.6 Å². The number of nitrogens with zero attached hydrogens (tertiary/aromatic N) is 2. The summed E-state index contributed by atoms with van der Waals surface area (Å²) in [5.41, 5.74) is 0.0944. The van der Waals surface area contributed by atoms with E-state index in [0.717, 1.165) is 15.7 Å². The highest BCUT2D eigenvalue weighted by molar-refractivity contribution is 6.39. The molecule has 1 saturated heterocycles. The van der Waals surface area contributed by atoms with Crippen molar-refractivity contribution >= 4 is 46.1 Å². The Kier molecular flexibility index (Phi) is 5.69. The average Bonchev–Trinajstić information content (AvgIpc) is 2.81. The molecular weight excluding hydrogens is 426 g/mol. The van der Waals surface area contributed by atoms with Crippen LogP contribution in [0.5, 0.6) is 5.75 Å². The number of anilines is 1. The molecular formula is C24H17N3O6. The van der Waals surface area contributed by atoms with Gasteiger partial charge < -0.3 is 4.74 Å². The van der Waals surface area contributed by atoms with Crippen LogP contribution in [0.25, 0.3) is 16.8 Å². The highest BCUT2D eigenvalue weighted by Crippen LogP contribution is 2.32. The number of nitrogens with one attached hydrogen (secondary N) is 1. The number of hydrogen-bond donors (Lipinski definition) is 1. The molecule has 4 amide bonds. The predicted octanol–water partition coefficient (Wildman–Crippen LogP) is 3.98. The van der Waals surface area contributed by atoms with Crippen molar-refractivity contribution in [1.82, 2.24) is 5.32 Å².